The lowest BCUT2D eigenvalue weighted by Gasteiger charge is -2.33. The van der Waals surface area contributed by atoms with Gasteiger partial charge in [-0.2, -0.15) is 4.31 Å². The first-order valence-electron chi connectivity index (χ1n) is 10.4. The first kappa shape index (κ1) is 24.3. The van der Waals surface area contributed by atoms with Crippen molar-refractivity contribution in [3.63, 3.8) is 0 Å². The smallest absolute Gasteiger partial charge is 0.254 e. The minimum Gasteiger partial charge on any atom is -0.383 e. The number of methoxy groups -OCH3 is 1. The zero-order chi connectivity index (χ0) is 22.3. The molecule has 1 saturated heterocycles. The number of hydrogen-bond donors (Lipinski definition) is 0. The van der Waals surface area contributed by atoms with Crippen LogP contribution >= 0.6 is 0 Å². The van der Waals surface area contributed by atoms with Crippen molar-refractivity contribution >= 4 is 21.8 Å². The first-order chi connectivity index (χ1) is 14.3. The first-order valence-corrected chi connectivity index (χ1v) is 11.9. The fourth-order valence-corrected chi connectivity index (χ4v) is 5.19. The summed E-state index contributed by atoms with van der Waals surface area (Å²) in [6, 6.07) is 6.29. The highest BCUT2D eigenvalue weighted by Gasteiger charge is 2.30. The van der Waals surface area contributed by atoms with Gasteiger partial charge in [0.05, 0.1) is 11.5 Å². The lowest BCUT2D eigenvalue weighted by atomic mass is 10.1. The minimum absolute atomic E-state index is 0.0582. The largest absolute Gasteiger partial charge is 0.383 e. The van der Waals surface area contributed by atoms with E-state index in [9.17, 15) is 18.0 Å². The Morgan fingerprint density at radius 1 is 1.13 bits per heavy atom. The van der Waals surface area contributed by atoms with E-state index in [4.69, 9.17) is 4.74 Å². The molecule has 168 valence electrons. The number of hydrogen-bond acceptors (Lipinski definition) is 5. The predicted molar refractivity (Wildman–Crippen MR) is 115 cm³/mol. The number of amides is 2. The van der Waals surface area contributed by atoms with E-state index in [1.54, 1.807) is 29.0 Å². The van der Waals surface area contributed by atoms with Gasteiger partial charge in [-0.25, -0.2) is 8.42 Å². The van der Waals surface area contributed by atoms with Crippen LogP contribution in [-0.2, 0) is 19.6 Å². The second-order valence-corrected chi connectivity index (χ2v) is 9.34. The van der Waals surface area contributed by atoms with Gasteiger partial charge in [-0.05, 0) is 31.0 Å². The molecule has 0 saturated carbocycles. The molecular weight excluding hydrogens is 406 g/mol. The van der Waals surface area contributed by atoms with Gasteiger partial charge in [-0.1, -0.05) is 19.9 Å². The maximum Gasteiger partial charge on any atom is 0.254 e. The van der Waals surface area contributed by atoms with Crippen molar-refractivity contribution in [2.45, 2.75) is 44.6 Å². The van der Waals surface area contributed by atoms with Gasteiger partial charge in [-0.15, -0.1) is 0 Å². The molecule has 1 heterocycles. The average Bonchev–Trinajstić information content (AvgIpc) is 2.76. The van der Waals surface area contributed by atoms with Crippen LogP contribution in [0, 0.1) is 0 Å². The summed E-state index contributed by atoms with van der Waals surface area (Å²) in [6.45, 7) is 7.63. The van der Waals surface area contributed by atoms with E-state index in [0.717, 1.165) is 12.8 Å². The molecule has 1 fully saturated rings. The molecule has 2 rings (SSSR count). The molecular formula is C21H33N3O5S. The zero-order valence-corrected chi connectivity index (χ0v) is 19.2. The minimum atomic E-state index is -3.74. The molecule has 1 aliphatic heterocycles. The van der Waals surface area contributed by atoms with Gasteiger partial charge in [-0.3, -0.25) is 9.59 Å². The van der Waals surface area contributed by atoms with E-state index in [-0.39, 0.29) is 35.8 Å². The third kappa shape index (κ3) is 5.59. The van der Waals surface area contributed by atoms with Crippen LogP contribution in [0.25, 0.3) is 0 Å². The lowest BCUT2D eigenvalue weighted by Crippen LogP contribution is -2.49. The van der Waals surface area contributed by atoms with Gasteiger partial charge in [0.25, 0.3) is 5.91 Å². The molecule has 8 nitrogen and oxygen atoms in total. The van der Waals surface area contributed by atoms with Crippen molar-refractivity contribution in [2.75, 3.05) is 46.4 Å². The molecule has 0 spiro atoms. The molecule has 2 amide bonds. The van der Waals surface area contributed by atoms with Crippen molar-refractivity contribution in [3.05, 3.63) is 29.8 Å². The molecule has 30 heavy (non-hydrogen) atoms. The Balaban J connectivity index is 2.25. The molecule has 0 N–H and O–H groups in total. The quantitative estimate of drug-likeness (QED) is 0.586. The Labute approximate surface area is 179 Å². The number of carbonyl (C=O) groups excluding carboxylic acids is 2. The Kier molecular flexibility index (Phi) is 8.81. The van der Waals surface area contributed by atoms with Crippen LogP contribution in [0.15, 0.2) is 29.2 Å². The van der Waals surface area contributed by atoms with Crippen molar-refractivity contribution < 1.29 is 22.7 Å². The Morgan fingerprint density at radius 3 is 2.30 bits per heavy atom. The number of ether oxygens (including phenoxy) is 1. The molecule has 0 aliphatic carbocycles. The van der Waals surface area contributed by atoms with E-state index in [1.165, 1.54) is 23.4 Å². The van der Waals surface area contributed by atoms with Crippen LogP contribution in [-0.4, -0.2) is 86.8 Å². The van der Waals surface area contributed by atoms with Crippen LogP contribution in [0.1, 0.15) is 44.0 Å². The maximum atomic E-state index is 13.2. The fraction of sp³-hybridized carbons (Fsp3) is 0.619. The van der Waals surface area contributed by atoms with E-state index in [1.807, 2.05) is 13.8 Å². The number of carbonyl (C=O) groups is 2. The number of piperazine rings is 1. The second-order valence-electron chi connectivity index (χ2n) is 7.40. The van der Waals surface area contributed by atoms with Crippen LogP contribution in [0.4, 0.5) is 0 Å². The van der Waals surface area contributed by atoms with Gasteiger partial charge < -0.3 is 14.5 Å². The fourth-order valence-electron chi connectivity index (χ4n) is 3.72. The number of sulfonamides is 1. The van der Waals surface area contributed by atoms with Crippen LogP contribution in [0.5, 0.6) is 0 Å². The van der Waals surface area contributed by atoms with Gasteiger partial charge in [0.1, 0.15) is 0 Å². The van der Waals surface area contributed by atoms with Crippen LogP contribution in [0.2, 0.25) is 0 Å². The number of benzene rings is 1. The standard InChI is InChI=1S/C21H33N3O5S/c1-5-19(6-2)24(14-15-29-4)21(26)18-8-7-9-20(16-18)30(27,28)23-12-10-22(11-13-23)17(3)25/h7-9,16,19H,5-6,10-15H2,1-4H3. The van der Waals surface area contributed by atoms with Gasteiger partial charge in [0.2, 0.25) is 15.9 Å². The number of rotatable bonds is 9. The molecule has 1 aliphatic rings. The van der Waals surface area contributed by atoms with Crippen molar-refractivity contribution in [1.82, 2.24) is 14.1 Å². The monoisotopic (exact) mass is 439 g/mol. The van der Waals surface area contributed by atoms with Crippen LogP contribution in [0.3, 0.4) is 0 Å². The molecule has 1 aromatic rings. The summed E-state index contributed by atoms with van der Waals surface area (Å²) in [5.74, 6) is -0.253. The maximum absolute atomic E-state index is 13.2. The molecule has 0 bridgehead atoms. The summed E-state index contributed by atoms with van der Waals surface area (Å²) >= 11 is 0. The summed E-state index contributed by atoms with van der Waals surface area (Å²) in [4.78, 5) is 28.2. The highest BCUT2D eigenvalue weighted by atomic mass is 32.2. The Bertz CT molecular complexity index is 831. The molecule has 9 heteroatoms. The lowest BCUT2D eigenvalue weighted by molar-refractivity contribution is -0.129. The highest BCUT2D eigenvalue weighted by Crippen LogP contribution is 2.21. The zero-order valence-electron chi connectivity index (χ0n) is 18.3. The van der Waals surface area contributed by atoms with Crippen molar-refractivity contribution in [1.29, 1.82) is 0 Å². The van der Waals surface area contributed by atoms with Gasteiger partial charge in [0.15, 0.2) is 0 Å². The molecule has 0 aromatic heterocycles. The second kappa shape index (κ2) is 10.9. The molecule has 0 unspecified atom stereocenters. The highest BCUT2D eigenvalue weighted by molar-refractivity contribution is 7.89. The van der Waals surface area contributed by atoms with Crippen LogP contribution < -0.4 is 0 Å². The Morgan fingerprint density at radius 2 is 1.77 bits per heavy atom. The van der Waals surface area contributed by atoms with E-state index in [2.05, 4.69) is 0 Å². The topological polar surface area (TPSA) is 87.2 Å². The van der Waals surface area contributed by atoms with E-state index < -0.39 is 10.0 Å². The summed E-state index contributed by atoms with van der Waals surface area (Å²) in [5.41, 5.74) is 0.349. The molecule has 0 atom stereocenters. The normalized spacial score (nSPS) is 15.4. The SMILES string of the molecule is CCC(CC)N(CCOC)C(=O)c1cccc(S(=O)(=O)N2CCN(C(C)=O)CC2)c1. The third-order valence-electron chi connectivity index (χ3n) is 5.58. The van der Waals surface area contributed by atoms with E-state index >= 15 is 0 Å². The van der Waals surface area contributed by atoms with Gasteiger partial charge in [0, 0.05) is 58.4 Å². The average molecular weight is 440 g/mol. The van der Waals surface area contributed by atoms with E-state index in [0.29, 0.717) is 31.8 Å². The molecule has 1 aromatic carbocycles. The van der Waals surface area contributed by atoms with Crippen molar-refractivity contribution in [3.8, 4) is 0 Å². The van der Waals surface area contributed by atoms with Gasteiger partial charge >= 0.3 is 0 Å². The number of nitrogens with zero attached hydrogens (tertiary/aromatic N) is 3. The summed E-state index contributed by atoms with van der Waals surface area (Å²) < 4.78 is 32.7. The molecule has 0 radical (unpaired) electrons. The summed E-state index contributed by atoms with van der Waals surface area (Å²) in [6.07, 6.45) is 1.62. The summed E-state index contributed by atoms with van der Waals surface area (Å²) in [5, 5.41) is 0. The summed E-state index contributed by atoms with van der Waals surface area (Å²) in [7, 11) is -2.15. The third-order valence-corrected chi connectivity index (χ3v) is 7.48. The van der Waals surface area contributed by atoms with Crippen molar-refractivity contribution in [2.24, 2.45) is 0 Å². The predicted octanol–water partition coefficient (Wildman–Crippen LogP) is 1.82. The Hall–Kier alpha value is -1.97.